The normalized spacial score (nSPS) is 14.3. The fraction of sp³-hybridized carbons (Fsp3) is 1.00. The number of rotatable bonds is 7. The van der Waals surface area contributed by atoms with Crippen molar-refractivity contribution in [3.05, 3.63) is 0 Å². The predicted octanol–water partition coefficient (Wildman–Crippen LogP) is -1.87. The van der Waals surface area contributed by atoms with Gasteiger partial charge in [0.2, 0.25) is 0 Å². The van der Waals surface area contributed by atoms with Gasteiger partial charge >= 0.3 is 0 Å². The number of aliphatic hydroxyl groups excluding tert-OH is 2. The van der Waals surface area contributed by atoms with Crippen molar-refractivity contribution < 1.29 is 22.8 Å². The summed E-state index contributed by atoms with van der Waals surface area (Å²) in [4.78, 5) is 0. The smallest absolute Gasteiger partial charge is 0.153 e. The molecule has 0 amide bonds. The molecule has 7 heteroatoms. The molecule has 0 heterocycles. The molecule has 0 aliphatic heterocycles. The van der Waals surface area contributed by atoms with E-state index in [0.29, 0.717) is 0 Å². The molecule has 0 aromatic heterocycles. The monoisotopic (exact) mass is 230 g/mol. The summed E-state index contributed by atoms with van der Waals surface area (Å²) in [7, 11) is -4.55. The number of sulfone groups is 1. The lowest BCUT2D eigenvalue weighted by Gasteiger charge is -2.01. The molecule has 0 saturated heterocycles. The lowest BCUT2D eigenvalue weighted by atomic mass is 10.9. The Morgan fingerprint density at radius 2 is 1.62 bits per heavy atom. The van der Waals surface area contributed by atoms with Crippen molar-refractivity contribution in [1.29, 1.82) is 0 Å². The highest BCUT2D eigenvalue weighted by Crippen LogP contribution is 1.92. The molecule has 0 radical (unpaired) electrons. The van der Waals surface area contributed by atoms with Gasteiger partial charge in [-0.1, -0.05) is 0 Å². The van der Waals surface area contributed by atoms with Crippen LogP contribution in [0.3, 0.4) is 0 Å². The Morgan fingerprint density at radius 3 is 2.08 bits per heavy atom. The zero-order valence-corrected chi connectivity index (χ0v) is 8.81. The Bertz CT molecular complexity index is 246. The first kappa shape index (κ1) is 13.0. The summed E-state index contributed by atoms with van der Waals surface area (Å²) in [5, 5.41) is 16.8. The summed E-state index contributed by atoms with van der Waals surface area (Å²) in [6.45, 7) is -0.609. The van der Waals surface area contributed by atoms with Gasteiger partial charge in [0.1, 0.15) is 0 Å². The molecule has 5 nitrogen and oxygen atoms in total. The molecule has 80 valence electrons. The average molecular weight is 230 g/mol. The molecule has 1 unspecified atom stereocenters. The minimum atomic E-state index is -3.27. The van der Waals surface area contributed by atoms with Crippen molar-refractivity contribution in [1.82, 2.24) is 0 Å². The summed E-state index contributed by atoms with van der Waals surface area (Å²) in [6, 6.07) is 0. The number of hydrogen-bond donors (Lipinski definition) is 2. The Labute approximate surface area is 80.2 Å². The van der Waals surface area contributed by atoms with Gasteiger partial charge in [0.25, 0.3) is 0 Å². The molecule has 0 saturated carbocycles. The first-order valence-electron chi connectivity index (χ1n) is 3.79. The van der Waals surface area contributed by atoms with Gasteiger partial charge in [-0.3, -0.25) is 4.21 Å². The number of aliphatic hydroxyl groups is 2. The fourth-order valence-corrected chi connectivity index (χ4v) is 3.31. The first-order valence-corrected chi connectivity index (χ1v) is 7.10. The summed E-state index contributed by atoms with van der Waals surface area (Å²) in [6.07, 6.45) is 0. The molecular formula is C6H14O5S2. The summed E-state index contributed by atoms with van der Waals surface area (Å²) in [5.74, 6) is -0.346. The molecule has 2 N–H and O–H groups in total. The SMILES string of the molecule is O=S(CCO)CCS(=O)(=O)CCO. The average Bonchev–Trinajstić information content (AvgIpc) is 2.02. The van der Waals surface area contributed by atoms with Gasteiger partial charge in [0.15, 0.2) is 9.84 Å². The van der Waals surface area contributed by atoms with Gasteiger partial charge in [-0.05, 0) is 0 Å². The van der Waals surface area contributed by atoms with Crippen LogP contribution in [0.25, 0.3) is 0 Å². The highest BCUT2D eigenvalue weighted by molar-refractivity contribution is 7.93. The second-order valence-corrected chi connectivity index (χ2v) is 6.45. The van der Waals surface area contributed by atoms with Crippen molar-refractivity contribution in [2.24, 2.45) is 0 Å². The second kappa shape index (κ2) is 6.47. The van der Waals surface area contributed by atoms with Crippen LogP contribution in [0, 0.1) is 0 Å². The zero-order chi connectivity index (χ0) is 10.3. The Balaban J connectivity index is 3.81. The molecule has 0 aromatic rings. The van der Waals surface area contributed by atoms with Gasteiger partial charge in [-0.15, -0.1) is 0 Å². The van der Waals surface area contributed by atoms with Crippen LogP contribution in [0.5, 0.6) is 0 Å². The second-order valence-electron chi connectivity index (χ2n) is 2.45. The van der Waals surface area contributed by atoms with Gasteiger partial charge in [-0.25, -0.2) is 8.42 Å². The Kier molecular flexibility index (Phi) is 6.48. The fourth-order valence-electron chi connectivity index (χ4n) is 0.665. The zero-order valence-electron chi connectivity index (χ0n) is 7.18. The largest absolute Gasteiger partial charge is 0.395 e. The maximum Gasteiger partial charge on any atom is 0.153 e. The van der Waals surface area contributed by atoms with Crippen LogP contribution in [-0.2, 0) is 20.6 Å². The lowest BCUT2D eigenvalue weighted by Crippen LogP contribution is -2.20. The summed E-state index contributed by atoms with van der Waals surface area (Å²) in [5.41, 5.74) is 0. The highest BCUT2D eigenvalue weighted by Gasteiger charge is 2.11. The van der Waals surface area contributed by atoms with E-state index >= 15 is 0 Å². The molecule has 13 heavy (non-hydrogen) atoms. The third-order valence-corrected chi connectivity index (χ3v) is 4.53. The molecular weight excluding hydrogens is 216 g/mol. The predicted molar refractivity (Wildman–Crippen MR) is 50.7 cm³/mol. The Morgan fingerprint density at radius 1 is 1.00 bits per heavy atom. The van der Waals surface area contributed by atoms with Crippen LogP contribution in [0.4, 0.5) is 0 Å². The van der Waals surface area contributed by atoms with Crippen molar-refractivity contribution in [2.45, 2.75) is 0 Å². The van der Waals surface area contributed by atoms with Gasteiger partial charge in [0, 0.05) is 22.3 Å². The number of hydrogen-bond acceptors (Lipinski definition) is 5. The van der Waals surface area contributed by atoms with Crippen molar-refractivity contribution >= 4 is 20.6 Å². The third-order valence-electron chi connectivity index (χ3n) is 1.34. The van der Waals surface area contributed by atoms with Crippen LogP contribution in [0.15, 0.2) is 0 Å². The van der Waals surface area contributed by atoms with Crippen LogP contribution in [0.2, 0.25) is 0 Å². The summed E-state index contributed by atoms with van der Waals surface area (Å²) >= 11 is 0. The summed E-state index contributed by atoms with van der Waals surface area (Å²) < 4.78 is 32.9. The van der Waals surface area contributed by atoms with Gasteiger partial charge in [0.05, 0.1) is 24.7 Å². The van der Waals surface area contributed by atoms with Crippen molar-refractivity contribution in [3.63, 3.8) is 0 Å². The van der Waals surface area contributed by atoms with E-state index in [1.807, 2.05) is 0 Å². The molecule has 0 spiro atoms. The van der Waals surface area contributed by atoms with Crippen LogP contribution in [0.1, 0.15) is 0 Å². The maximum atomic E-state index is 11.0. The molecule has 0 rings (SSSR count). The topological polar surface area (TPSA) is 91.7 Å². The third kappa shape index (κ3) is 7.12. The molecule has 0 bridgehead atoms. The molecule has 0 aromatic carbocycles. The van der Waals surface area contributed by atoms with Crippen LogP contribution >= 0.6 is 0 Å². The lowest BCUT2D eigenvalue weighted by molar-refractivity contribution is 0.319. The van der Waals surface area contributed by atoms with E-state index in [9.17, 15) is 12.6 Å². The van der Waals surface area contributed by atoms with E-state index in [0.717, 1.165) is 0 Å². The molecule has 1 atom stereocenters. The van der Waals surface area contributed by atoms with E-state index in [4.69, 9.17) is 10.2 Å². The molecule has 0 aliphatic rings. The van der Waals surface area contributed by atoms with Crippen LogP contribution in [-0.4, -0.2) is 59.1 Å². The van der Waals surface area contributed by atoms with E-state index in [-0.39, 0.29) is 29.6 Å². The van der Waals surface area contributed by atoms with E-state index in [1.165, 1.54) is 0 Å². The van der Waals surface area contributed by atoms with E-state index in [2.05, 4.69) is 0 Å². The van der Waals surface area contributed by atoms with Crippen molar-refractivity contribution in [2.75, 3.05) is 36.2 Å². The van der Waals surface area contributed by atoms with Crippen LogP contribution < -0.4 is 0 Å². The van der Waals surface area contributed by atoms with Gasteiger partial charge in [-0.2, -0.15) is 0 Å². The van der Waals surface area contributed by atoms with Gasteiger partial charge < -0.3 is 10.2 Å². The molecule has 0 aliphatic carbocycles. The standard InChI is InChI=1S/C6H14O5S2/c7-1-3-12(9)4-6-13(10,11)5-2-8/h7-8H,1-6H2. The first-order chi connectivity index (χ1) is 6.02. The highest BCUT2D eigenvalue weighted by atomic mass is 32.2. The quantitative estimate of drug-likeness (QED) is 0.535. The minimum absolute atomic E-state index is 0.0306. The van der Waals surface area contributed by atoms with Crippen molar-refractivity contribution in [3.8, 4) is 0 Å². The van der Waals surface area contributed by atoms with E-state index < -0.39 is 27.2 Å². The molecule has 0 fully saturated rings. The maximum absolute atomic E-state index is 11.0. The van der Waals surface area contributed by atoms with E-state index in [1.54, 1.807) is 0 Å². The minimum Gasteiger partial charge on any atom is -0.395 e. The Hall–Kier alpha value is 0.0200.